The maximum Gasteiger partial charge on any atom is 0.221 e. The van der Waals surface area contributed by atoms with E-state index in [4.69, 9.17) is 23.2 Å². The molecule has 15 heavy (non-hydrogen) atoms. The van der Waals surface area contributed by atoms with E-state index in [1.54, 1.807) is 23.9 Å². The molecule has 0 aliphatic carbocycles. The van der Waals surface area contributed by atoms with Crippen molar-refractivity contribution in [1.82, 2.24) is 0 Å². The Hall–Kier alpha value is -0.380. The van der Waals surface area contributed by atoms with E-state index in [0.717, 1.165) is 10.6 Å². The predicted octanol–water partition coefficient (Wildman–Crippen LogP) is 4.06. The molecule has 1 aromatic carbocycles. The van der Waals surface area contributed by atoms with Crippen molar-refractivity contribution >= 4 is 46.6 Å². The van der Waals surface area contributed by atoms with Crippen LogP contribution in [0.15, 0.2) is 17.0 Å². The van der Waals surface area contributed by atoms with Gasteiger partial charge in [-0.2, -0.15) is 0 Å². The van der Waals surface area contributed by atoms with Crippen LogP contribution in [0.25, 0.3) is 0 Å². The minimum Gasteiger partial charge on any atom is -0.324 e. The first-order valence-electron chi connectivity index (χ1n) is 4.44. The van der Waals surface area contributed by atoms with Crippen LogP contribution in [0.1, 0.15) is 13.8 Å². The van der Waals surface area contributed by atoms with Gasteiger partial charge in [0.2, 0.25) is 5.91 Å². The fraction of sp³-hybridized carbons (Fsp3) is 0.300. The number of rotatable bonds is 3. The Labute approximate surface area is 103 Å². The van der Waals surface area contributed by atoms with E-state index >= 15 is 0 Å². The van der Waals surface area contributed by atoms with Gasteiger partial charge in [0, 0.05) is 11.8 Å². The molecule has 1 rings (SSSR count). The van der Waals surface area contributed by atoms with Crippen LogP contribution in [0, 0.1) is 0 Å². The van der Waals surface area contributed by atoms with Gasteiger partial charge in [-0.1, -0.05) is 30.1 Å². The first-order chi connectivity index (χ1) is 7.04. The van der Waals surface area contributed by atoms with E-state index < -0.39 is 0 Å². The molecule has 0 atom stereocenters. The lowest BCUT2D eigenvalue weighted by atomic mass is 10.3. The highest BCUT2D eigenvalue weighted by Crippen LogP contribution is 2.35. The Morgan fingerprint density at radius 3 is 2.33 bits per heavy atom. The largest absolute Gasteiger partial charge is 0.324 e. The van der Waals surface area contributed by atoms with Crippen LogP contribution in [0.5, 0.6) is 0 Å². The SMILES string of the molecule is CCSc1cc(Cl)c(NC(C)=O)c(Cl)c1. The molecule has 0 saturated heterocycles. The number of nitrogens with one attached hydrogen (secondary N) is 1. The molecule has 0 heterocycles. The second kappa shape index (κ2) is 5.64. The monoisotopic (exact) mass is 263 g/mol. The van der Waals surface area contributed by atoms with Crippen molar-refractivity contribution < 1.29 is 4.79 Å². The Balaban J connectivity index is 3.03. The van der Waals surface area contributed by atoms with Crippen molar-refractivity contribution in [2.24, 2.45) is 0 Å². The molecule has 0 radical (unpaired) electrons. The lowest BCUT2D eigenvalue weighted by Gasteiger charge is -2.09. The van der Waals surface area contributed by atoms with Crippen LogP contribution in [-0.2, 0) is 4.79 Å². The van der Waals surface area contributed by atoms with Gasteiger partial charge in [0.25, 0.3) is 0 Å². The highest BCUT2D eigenvalue weighted by Gasteiger charge is 2.09. The third-order valence-electron chi connectivity index (χ3n) is 1.63. The normalized spacial score (nSPS) is 10.1. The molecule has 1 N–H and O–H groups in total. The van der Waals surface area contributed by atoms with Crippen LogP contribution >= 0.6 is 35.0 Å². The van der Waals surface area contributed by atoms with Gasteiger partial charge in [-0.15, -0.1) is 11.8 Å². The average molecular weight is 264 g/mol. The van der Waals surface area contributed by atoms with Crippen LogP contribution in [0.2, 0.25) is 10.0 Å². The topological polar surface area (TPSA) is 29.1 Å². The quantitative estimate of drug-likeness (QED) is 0.834. The number of anilines is 1. The van der Waals surface area contributed by atoms with Crippen molar-refractivity contribution in [2.45, 2.75) is 18.7 Å². The number of halogens is 2. The number of benzene rings is 1. The first-order valence-corrected chi connectivity index (χ1v) is 6.18. The Morgan fingerprint density at radius 1 is 1.40 bits per heavy atom. The van der Waals surface area contributed by atoms with Crippen molar-refractivity contribution in [3.8, 4) is 0 Å². The van der Waals surface area contributed by atoms with Crippen molar-refractivity contribution in [2.75, 3.05) is 11.1 Å². The lowest BCUT2D eigenvalue weighted by molar-refractivity contribution is -0.114. The molecule has 0 spiro atoms. The fourth-order valence-electron chi connectivity index (χ4n) is 1.10. The highest BCUT2D eigenvalue weighted by molar-refractivity contribution is 7.99. The second-order valence-electron chi connectivity index (χ2n) is 2.88. The molecule has 1 amide bonds. The standard InChI is InChI=1S/C10H11Cl2NOS/c1-3-15-7-4-8(11)10(9(12)5-7)13-6(2)14/h4-5H,3H2,1-2H3,(H,13,14). The summed E-state index contributed by atoms with van der Waals surface area (Å²) >= 11 is 13.7. The van der Waals surface area contributed by atoms with Crippen LogP contribution in [0.4, 0.5) is 5.69 Å². The number of hydrogen-bond donors (Lipinski definition) is 1. The fourth-order valence-corrected chi connectivity index (χ4v) is 2.54. The highest BCUT2D eigenvalue weighted by atomic mass is 35.5. The van der Waals surface area contributed by atoms with Crippen molar-refractivity contribution in [3.05, 3.63) is 22.2 Å². The summed E-state index contributed by atoms with van der Waals surface area (Å²) in [6, 6.07) is 3.60. The maximum absolute atomic E-state index is 10.9. The van der Waals surface area contributed by atoms with E-state index in [1.165, 1.54) is 6.92 Å². The molecule has 0 aliphatic rings. The van der Waals surface area contributed by atoms with E-state index in [-0.39, 0.29) is 5.91 Å². The summed E-state index contributed by atoms with van der Waals surface area (Å²) in [7, 11) is 0. The molecule has 0 aromatic heterocycles. The van der Waals surface area contributed by atoms with E-state index in [2.05, 4.69) is 5.32 Å². The van der Waals surface area contributed by atoms with Gasteiger partial charge in [-0.05, 0) is 17.9 Å². The van der Waals surface area contributed by atoms with Gasteiger partial charge in [0.15, 0.2) is 0 Å². The van der Waals surface area contributed by atoms with Crippen LogP contribution < -0.4 is 5.32 Å². The number of thioether (sulfide) groups is 1. The number of amides is 1. The number of carbonyl (C=O) groups excluding carboxylic acids is 1. The molecule has 0 unspecified atom stereocenters. The minimum absolute atomic E-state index is 0.185. The summed E-state index contributed by atoms with van der Waals surface area (Å²) in [5.41, 5.74) is 0.478. The van der Waals surface area contributed by atoms with Gasteiger partial charge < -0.3 is 5.32 Å². The van der Waals surface area contributed by atoms with Crippen molar-refractivity contribution in [1.29, 1.82) is 0 Å². The number of carbonyl (C=O) groups is 1. The summed E-state index contributed by atoms with van der Waals surface area (Å²) in [4.78, 5) is 11.9. The molecule has 0 fully saturated rings. The molecule has 5 heteroatoms. The Kier molecular flexibility index (Phi) is 4.77. The molecule has 1 aromatic rings. The van der Waals surface area contributed by atoms with Crippen LogP contribution in [0.3, 0.4) is 0 Å². The molecule has 0 aliphatic heterocycles. The summed E-state index contributed by atoms with van der Waals surface area (Å²) in [5.74, 6) is 0.765. The summed E-state index contributed by atoms with van der Waals surface area (Å²) < 4.78 is 0. The smallest absolute Gasteiger partial charge is 0.221 e. The second-order valence-corrected chi connectivity index (χ2v) is 5.03. The Bertz CT molecular complexity index is 359. The predicted molar refractivity (Wildman–Crippen MR) is 67.2 cm³/mol. The van der Waals surface area contributed by atoms with E-state index in [9.17, 15) is 4.79 Å². The molecular formula is C10H11Cl2NOS. The average Bonchev–Trinajstić information content (AvgIpc) is 2.11. The third-order valence-corrected chi connectivity index (χ3v) is 3.08. The zero-order valence-electron chi connectivity index (χ0n) is 8.43. The molecule has 2 nitrogen and oxygen atoms in total. The number of hydrogen-bond acceptors (Lipinski definition) is 2. The van der Waals surface area contributed by atoms with Gasteiger partial charge in [0.05, 0.1) is 15.7 Å². The van der Waals surface area contributed by atoms with Crippen LogP contribution in [-0.4, -0.2) is 11.7 Å². The van der Waals surface area contributed by atoms with Gasteiger partial charge in [-0.25, -0.2) is 0 Å². The molecule has 82 valence electrons. The minimum atomic E-state index is -0.185. The molecule has 0 saturated carbocycles. The summed E-state index contributed by atoms with van der Waals surface area (Å²) in [5, 5.41) is 3.53. The van der Waals surface area contributed by atoms with E-state index in [1.807, 2.05) is 6.92 Å². The van der Waals surface area contributed by atoms with Gasteiger partial charge in [0.1, 0.15) is 0 Å². The molecular weight excluding hydrogens is 253 g/mol. The van der Waals surface area contributed by atoms with Crippen molar-refractivity contribution in [3.63, 3.8) is 0 Å². The van der Waals surface area contributed by atoms with Gasteiger partial charge in [-0.3, -0.25) is 4.79 Å². The Morgan fingerprint density at radius 2 is 1.93 bits per heavy atom. The van der Waals surface area contributed by atoms with E-state index in [0.29, 0.717) is 15.7 Å². The maximum atomic E-state index is 10.9. The lowest BCUT2D eigenvalue weighted by Crippen LogP contribution is -2.06. The zero-order valence-corrected chi connectivity index (χ0v) is 10.8. The first kappa shape index (κ1) is 12.7. The molecule has 0 bridgehead atoms. The summed E-state index contributed by atoms with van der Waals surface area (Å²) in [6.07, 6.45) is 0. The third kappa shape index (κ3) is 3.59. The van der Waals surface area contributed by atoms with Gasteiger partial charge >= 0.3 is 0 Å². The zero-order chi connectivity index (χ0) is 11.4. The summed E-state index contributed by atoms with van der Waals surface area (Å²) in [6.45, 7) is 3.47.